The smallest absolute Gasteiger partial charge is 0.246 e. The molecule has 1 fully saturated rings. The zero-order chi connectivity index (χ0) is 12.5. The van der Waals surface area contributed by atoms with E-state index in [1.54, 1.807) is 0 Å². The van der Waals surface area contributed by atoms with Crippen LogP contribution in [0.25, 0.3) is 0 Å². The predicted molar refractivity (Wildman–Crippen MR) is 62.1 cm³/mol. The Balaban J connectivity index is 2.40. The second-order valence-electron chi connectivity index (χ2n) is 3.71. The minimum Gasteiger partial charge on any atom is -0.504 e. The van der Waals surface area contributed by atoms with E-state index in [4.69, 9.17) is 10.5 Å². The predicted octanol–water partition coefficient (Wildman–Crippen LogP) is -0.00470. The molecule has 1 saturated heterocycles. The molecule has 0 atom stereocenters. The Bertz CT molecular complexity index is 509. The first kappa shape index (κ1) is 12.2. The van der Waals surface area contributed by atoms with Crippen molar-refractivity contribution < 1.29 is 18.3 Å². The molecule has 1 aromatic carbocycles. The van der Waals surface area contributed by atoms with Gasteiger partial charge in [0.15, 0.2) is 5.75 Å². The number of hydrogen-bond donors (Lipinski definition) is 2. The number of phenols is 1. The van der Waals surface area contributed by atoms with Crippen LogP contribution in [0, 0.1) is 0 Å². The quantitative estimate of drug-likeness (QED) is 0.575. The van der Waals surface area contributed by atoms with Gasteiger partial charge in [0.05, 0.1) is 18.9 Å². The Kier molecular flexibility index (Phi) is 3.23. The summed E-state index contributed by atoms with van der Waals surface area (Å²) in [5.41, 5.74) is 5.54. The van der Waals surface area contributed by atoms with Crippen molar-refractivity contribution in [2.24, 2.45) is 0 Å². The van der Waals surface area contributed by atoms with E-state index in [-0.39, 0.29) is 29.4 Å². The van der Waals surface area contributed by atoms with E-state index in [0.29, 0.717) is 13.2 Å². The molecule has 3 N–H and O–H groups in total. The molecule has 0 aliphatic carbocycles. The number of ether oxygens (including phenoxy) is 1. The molecule has 7 heteroatoms. The van der Waals surface area contributed by atoms with E-state index in [0.717, 1.165) is 0 Å². The van der Waals surface area contributed by atoms with Crippen molar-refractivity contribution in [2.45, 2.75) is 4.90 Å². The van der Waals surface area contributed by atoms with E-state index in [1.165, 1.54) is 22.5 Å². The third-order valence-corrected chi connectivity index (χ3v) is 4.55. The molecule has 0 bridgehead atoms. The van der Waals surface area contributed by atoms with E-state index in [2.05, 4.69) is 0 Å². The van der Waals surface area contributed by atoms with Crippen LogP contribution >= 0.6 is 0 Å². The lowest BCUT2D eigenvalue weighted by molar-refractivity contribution is 0.0729. The molecule has 0 spiro atoms. The maximum Gasteiger partial charge on any atom is 0.246 e. The monoisotopic (exact) mass is 258 g/mol. The number of aromatic hydroxyl groups is 1. The number of hydrogen-bond acceptors (Lipinski definition) is 5. The van der Waals surface area contributed by atoms with Gasteiger partial charge in [-0.05, 0) is 12.1 Å². The summed E-state index contributed by atoms with van der Waals surface area (Å²) in [6.45, 7) is 1.30. The van der Waals surface area contributed by atoms with Crippen LogP contribution in [0.2, 0.25) is 0 Å². The summed E-state index contributed by atoms with van der Waals surface area (Å²) in [6, 6.07) is 4.30. The number of nitrogen functional groups attached to an aromatic ring is 1. The molecule has 1 heterocycles. The van der Waals surface area contributed by atoms with E-state index >= 15 is 0 Å². The number of phenolic OH excluding ortho intramolecular Hbond substituents is 1. The molecule has 0 radical (unpaired) electrons. The molecule has 17 heavy (non-hydrogen) atoms. The van der Waals surface area contributed by atoms with Crippen molar-refractivity contribution in [3.63, 3.8) is 0 Å². The van der Waals surface area contributed by atoms with Gasteiger partial charge < -0.3 is 15.6 Å². The van der Waals surface area contributed by atoms with Crippen LogP contribution in [-0.2, 0) is 14.8 Å². The van der Waals surface area contributed by atoms with Crippen LogP contribution in [0.5, 0.6) is 5.75 Å². The Morgan fingerprint density at radius 3 is 2.59 bits per heavy atom. The lowest BCUT2D eigenvalue weighted by Crippen LogP contribution is -2.40. The standard InChI is InChI=1S/C10H14N2O4S/c11-8-2-1-3-9(10(8)13)17(14,15)12-4-6-16-7-5-12/h1-3,13H,4-7,11H2. The average molecular weight is 258 g/mol. The van der Waals surface area contributed by atoms with E-state index in [1.807, 2.05) is 0 Å². The molecule has 0 unspecified atom stereocenters. The SMILES string of the molecule is Nc1cccc(S(=O)(=O)N2CCOCC2)c1O. The van der Waals surface area contributed by atoms with Crippen molar-refractivity contribution in [2.75, 3.05) is 32.0 Å². The first-order chi connectivity index (χ1) is 8.03. The van der Waals surface area contributed by atoms with Crippen LogP contribution in [0.1, 0.15) is 0 Å². The van der Waals surface area contributed by atoms with Crippen LogP contribution in [0.4, 0.5) is 5.69 Å². The molecule has 6 nitrogen and oxygen atoms in total. The molecule has 94 valence electrons. The Morgan fingerprint density at radius 2 is 1.94 bits per heavy atom. The topological polar surface area (TPSA) is 92.9 Å². The highest BCUT2D eigenvalue weighted by atomic mass is 32.2. The van der Waals surface area contributed by atoms with Crippen LogP contribution in [0.3, 0.4) is 0 Å². The number of para-hydroxylation sites is 1. The van der Waals surface area contributed by atoms with Crippen LogP contribution in [0.15, 0.2) is 23.1 Å². The molecular formula is C10H14N2O4S. The number of nitrogens with two attached hydrogens (primary N) is 1. The largest absolute Gasteiger partial charge is 0.504 e. The van der Waals surface area contributed by atoms with Crippen molar-refractivity contribution in [1.29, 1.82) is 0 Å². The molecular weight excluding hydrogens is 244 g/mol. The van der Waals surface area contributed by atoms with Gasteiger partial charge in [-0.15, -0.1) is 0 Å². The molecule has 0 aromatic heterocycles. The Labute approximate surface area is 99.7 Å². The summed E-state index contributed by atoms with van der Waals surface area (Å²) in [6.07, 6.45) is 0. The third-order valence-electron chi connectivity index (χ3n) is 2.62. The lowest BCUT2D eigenvalue weighted by atomic mass is 10.3. The molecule has 2 rings (SSSR count). The van der Waals surface area contributed by atoms with Gasteiger partial charge in [0.2, 0.25) is 10.0 Å². The summed E-state index contributed by atoms with van der Waals surface area (Å²) < 4.78 is 30.8. The highest BCUT2D eigenvalue weighted by Gasteiger charge is 2.29. The third kappa shape index (κ3) is 2.21. The minimum atomic E-state index is -3.69. The van der Waals surface area contributed by atoms with E-state index < -0.39 is 10.0 Å². The van der Waals surface area contributed by atoms with Gasteiger partial charge in [0.25, 0.3) is 0 Å². The molecule has 1 aromatic rings. The van der Waals surface area contributed by atoms with Gasteiger partial charge in [0.1, 0.15) is 4.90 Å². The number of anilines is 1. The summed E-state index contributed by atoms with van der Waals surface area (Å²) in [5.74, 6) is -0.390. The molecule has 0 saturated carbocycles. The van der Waals surface area contributed by atoms with Crippen molar-refractivity contribution >= 4 is 15.7 Å². The van der Waals surface area contributed by atoms with Crippen molar-refractivity contribution in [1.82, 2.24) is 4.31 Å². The number of benzene rings is 1. The number of sulfonamides is 1. The fourth-order valence-corrected chi connectivity index (χ4v) is 3.19. The fraction of sp³-hybridized carbons (Fsp3) is 0.400. The Morgan fingerprint density at radius 1 is 1.29 bits per heavy atom. The van der Waals surface area contributed by atoms with Gasteiger partial charge >= 0.3 is 0 Å². The first-order valence-corrected chi connectivity index (χ1v) is 6.63. The second-order valence-corrected chi connectivity index (χ2v) is 5.62. The lowest BCUT2D eigenvalue weighted by Gasteiger charge is -2.26. The molecule has 1 aliphatic heterocycles. The van der Waals surface area contributed by atoms with Crippen LogP contribution in [-0.4, -0.2) is 44.1 Å². The maximum absolute atomic E-state index is 12.2. The zero-order valence-corrected chi connectivity index (χ0v) is 9.98. The Hall–Kier alpha value is -1.31. The normalized spacial score (nSPS) is 18.1. The summed E-state index contributed by atoms with van der Waals surface area (Å²) >= 11 is 0. The maximum atomic E-state index is 12.2. The van der Waals surface area contributed by atoms with Gasteiger partial charge in [-0.1, -0.05) is 6.07 Å². The first-order valence-electron chi connectivity index (χ1n) is 5.19. The van der Waals surface area contributed by atoms with Gasteiger partial charge in [-0.2, -0.15) is 4.31 Å². The number of nitrogens with zero attached hydrogens (tertiary/aromatic N) is 1. The minimum absolute atomic E-state index is 0.0549. The molecule has 1 aliphatic rings. The van der Waals surface area contributed by atoms with Gasteiger partial charge in [-0.3, -0.25) is 0 Å². The van der Waals surface area contributed by atoms with Gasteiger partial charge in [0, 0.05) is 13.1 Å². The zero-order valence-electron chi connectivity index (χ0n) is 9.17. The van der Waals surface area contributed by atoms with Crippen molar-refractivity contribution in [3.05, 3.63) is 18.2 Å². The van der Waals surface area contributed by atoms with E-state index in [9.17, 15) is 13.5 Å². The average Bonchev–Trinajstić information content (AvgIpc) is 2.33. The number of morpholine rings is 1. The van der Waals surface area contributed by atoms with Crippen molar-refractivity contribution in [3.8, 4) is 5.75 Å². The van der Waals surface area contributed by atoms with Gasteiger partial charge in [-0.25, -0.2) is 8.42 Å². The molecule has 0 amide bonds. The highest BCUT2D eigenvalue weighted by molar-refractivity contribution is 7.89. The number of rotatable bonds is 2. The fourth-order valence-electron chi connectivity index (χ4n) is 1.67. The summed E-state index contributed by atoms with van der Waals surface area (Å²) in [7, 11) is -3.69. The summed E-state index contributed by atoms with van der Waals surface area (Å²) in [5, 5.41) is 9.70. The summed E-state index contributed by atoms with van der Waals surface area (Å²) in [4.78, 5) is -0.153. The highest BCUT2D eigenvalue weighted by Crippen LogP contribution is 2.30. The second kappa shape index (κ2) is 4.52. The van der Waals surface area contributed by atoms with Crippen LogP contribution < -0.4 is 5.73 Å².